The van der Waals surface area contributed by atoms with Crippen molar-refractivity contribution in [3.63, 3.8) is 0 Å². The third kappa shape index (κ3) is 3.72. The van der Waals surface area contributed by atoms with Crippen LogP contribution in [0.15, 0.2) is 24.3 Å². The van der Waals surface area contributed by atoms with E-state index in [-0.39, 0.29) is 0 Å². The summed E-state index contributed by atoms with van der Waals surface area (Å²) in [5.41, 5.74) is 4.91. The summed E-state index contributed by atoms with van der Waals surface area (Å²) in [6.45, 7) is 7.03. The number of benzene rings is 1. The molecular weight excluding hydrogens is 238 g/mol. The number of ether oxygens (including phenoxy) is 1. The number of nitrogens with two attached hydrogens (primary N) is 1. The van der Waals surface area contributed by atoms with Crippen LogP contribution >= 0.6 is 11.6 Å². The van der Waals surface area contributed by atoms with Crippen molar-refractivity contribution in [1.82, 2.24) is 0 Å². The first-order chi connectivity index (χ1) is 7.63. The van der Waals surface area contributed by atoms with Crippen molar-refractivity contribution in [1.29, 1.82) is 0 Å². The Balaban J connectivity index is 2.99. The molecule has 0 aromatic heterocycles. The van der Waals surface area contributed by atoms with E-state index in [1.54, 1.807) is 52.0 Å². The zero-order valence-electron chi connectivity index (χ0n) is 10.6. The Morgan fingerprint density at radius 3 is 2.35 bits per heavy atom. The predicted molar refractivity (Wildman–Crippen MR) is 68.8 cm³/mol. The second kappa shape index (κ2) is 4.67. The molecular formula is C13H18ClNO2. The summed E-state index contributed by atoms with van der Waals surface area (Å²) < 4.78 is 5.29. The van der Waals surface area contributed by atoms with Crippen molar-refractivity contribution in [2.24, 2.45) is 5.73 Å². The molecule has 0 aliphatic carbocycles. The molecule has 0 amide bonds. The summed E-state index contributed by atoms with van der Waals surface area (Å²) in [5.74, 6) is -0.465. The van der Waals surface area contributed by atoms with Crippen molar-refractivity contribution in [2.45, 2.75) is 38.8 Å². The summed E-state index contributed by atoms with van der Waals surface area (Å²) >= 11 is 5.88. The molecule has 0 aliphatic heterocycles. The van der Waals surface area contributed by atoms with Crippen LogP contribution in [0.2, 0.25) is 5.02 Å². The predicted octanol–water partition coefficient (Wildman–Crippen LogP) is 2.86. The Morgan fingerprint density at radius 1 is 1.29 bits per heavy atom. The summed E-state index contributed by atoms with van der Waals surface area (Å²) in [5, 5.41) is 0.544. The molecule has 1 aromatic carbocycles. The van der Waals surface area contributed by atoms with Gasteiger partial charge in [-0.15, -0.1) is 0 Å². The van der Waals surface area contributed by atoms with Gasteiger partial charge in [-0.25, -0.2) is 4.79 Å². The largest absolute Gasteiger partial charge is 0.458 e. The van der Waals surface area contributed by atoms with Crippen LogP contribution in [0.4, 0.5) is 0 Å². The lowest BCUT2D eigenvalue weighted by Crippen LogP contribution is -2.45. The zero-order valence-corrected chi connectivity index (χ0v) is 11.3. The maximum atomic E-state index is 12.0. The van der Waals surface area contributed by atoms with Crippen LogP contribution in [-0.2, 0) is 15.1 Å². The van der Waals surface area contributed by atoms with Gasteiger partial charge in [0.15, 0.2) is 0 Å². The Labute approximate surface area is 107 Å². The smallest absolute Gasteiger partial charge is 0.331 e. The van der Waals surface area contributed by atoms with Crippen LogP contribution < -0.4 is 5.73 Å². The Morgan fingerprint density at radius 2 is 1.88 bits per heavy atom. The highest BCUT2D eigenvalue weighted by Crippen LogP contribution is 2.24. The fraction of sp³-hybridized carbons (Fsp3) is 0.462. The topological polar surface area (TPSA) is 52.3 Å². The second-order valence-corrected chi connectivity index (χ2v) is 5.65. The Hall–Kier alpha value is -1.06. The van der Waals surface area contributed by atoms with Crippen LogP contribution in [0.3, 0.4) is 0 Å². The lowest BCUT2D eigenvalue weighted by atomic mass is 9.93. The molecule has 0 spiro atoms. The van der Waals surface area contributed by atoms with Gasteiger partial charge in [0.2, 0.25) is 0 Å². The van der Waals surface area contributed by atoms with Crippen molar-refractivity contribution in [3.05, 3.63) is 34.9 Å². The summed E-state index contributed by atoms with van der Waals surface area (Å²) in [4.78, 5) is 12.0. The number of carbonyl (C=O) groups excluding carboxylic acids is 1. The van der Waals surface area contributed by atoms with Gasteiger partial charge in [0.25, 0.3) is 0 Å². The minimum absolute atomic E-state index is 0.465. The van der Waals surface area contributed by atoms with Gasteiger partial charge in [-0.1, -0.05) is 23.7 Å². The number of halogens is 1. The minimum Gasteiger partial charge on any atom is -0.458 e. The molecule has 0 radical (unpaired) electrons. The summed E-state index contributed by atoms with van der Waals surface area (Å²) in [6.07, 6.45) is 0. The molecule has 0 heterocycles. The average Bonchev–Trinajstić information content (AvgIpc) is 2.15. The van der Waals surface area contributed by atoms with Gasteiger partial charge in [0, 0.05) is 5.02 Å². The normalized spacial score (nSPS) is 15.2. The van der Waals surface area contributed by atoms with Gasteiger partial charge in [0.1, 0.15) is 11.1 Å². The van der Waals surface area contributed by atoms with Gasteiger partial charge in [-0.3, -0.25) is 0 Å². The molecule has 1 atom stereocenters. The van der Waals surface area contributed by atoms with Crippen LogP contribution in [0, 0.1) is 0 Å². The van der Waals surface area contributed by atoms with Crippen molar-refractivity contribution < 1.29 is 9.53 Å². The maximum Gasteiger partial charge on any atom is 0.331 e. The van der Waals surface area contributed by atoms with E-state index < -0.39 is 17.1 Å². The number of hydrogen-bond donors (Lipinski definition) is 1. The lowest BCUT2D eigenvalue weighted by Gasteiger charge is -2.28. The molecule has 0 fully saturated rings. The molecule has 1 rings (SSSR count). The molecule has 0 saturated heterocycles. The fourth-order valence-electron chi connectivity index (χ4n) is 1.31. The molecule has 2 N–H and O–H groups in total. The first-order valence-electron chi connectivity index (χ1n) is 5.41. The van der Waals surface area contributed by atoms with Gasteiger partial charge >= 0.3 is 5.97 Å². The molecule has 1 unspecified atom stereocenters. The van der Waals surface area contributed by atoms with Crippen LogP contribution in [-0.4, -0.2) is 11.6 Å². The highest BCUT2D eigenvalue weighted by Gasteiger charge is 2.35. The zero-order chi connectivity index (χ0) is 13.3. The van der Waals surface area contributed by atoms with Crippen molar-refractivity contribution in [3.8, 4) is 0 Å². The average molecular weight is 256 g/mol. The molecule has 94 valence electrons. The first-order valence-corrected chi connectivity index (χ1v) is 5.79. The van der Waals surface area contributed by atoms with E-state index in [0.29, 0.717) is 10.6 Å². The first kappa shape index (κ1) is 14.0. The number of esters is 1. The number of carbonyl (C=O) groups is 1. The van der Waals surface area contributed by atoms with Crippen molar-refractivity contribution in [2.75, 3.05) is 0 Å². The fourth-order valence-corrected chi connectivity index (χ4v) is 1.50. The minimum atomic E-state index is -1.20. The maximum absolute atomic E-state index is 12.0. The molecule has 0 bridgehead atoms. The van der Waals surface area contributed by atoms with E-state index in [9.17, 15) is 4.79 Å². The SMILES string of the molecule is CC(C)(C)OC(=O)C(C)(N)c1cccc(Cl)c1. The van der Waals surface area contributed by atoms with Gasteiger partial charge in [0.05, 0.1) is 0 Å². The molecule has 17 heavy (non-hydrogen) atoms. The number of rotatable bonds is 2. The highest BCUT2D eigenvalue weighted by atomic mass is 35.5. The third-order valence-corrected chi connectivity index (χ3v) is 2.48. The Kier molecular flexibility index (Phi) is 3.84. The van der Waals surface area contributed by atoms with Crippen molar-refractivity contribution >= 4 is 17.6 Å². The molecule has 4 heteroatoms. The van der Waals surface area contributed by atoms with Crippen LogP contribution in [0.25, 0.3) is 0 Å². The van der Waals surface area contributed by atoms with Gasteiger partial charge in [-0.2, -0.15) is 0 Å². The summed E-state index contributed by atoms with van der Waals surface area (Å²) in [7, 11) is 0. The quantitative estimate of drug-likeness (QED) is 0.827. The van der Waals surface area contributed by atoms with Crippen LogP contribution in [0.1, 0.15) is 33.3 Å². The van der Waals surface area contributed by atoms with E-state index in [1.807, 2.05) is 0 Å². The monoisotopic (exact) mass is 255 g/mol. The van der Waals surface area contributed by atoms with Gasteiger partial charge in [-0.05, 0) is 45.4 Å². The highest BCUT2D eigenvalue weighted by molar-refractivity contribution is 6.30. The van der Waals surface area contributed by atoms with E-state index >= 15 is 0 Å². The summed E-state index contributed by atoms with van der Waals surface area (Å²) in [6, 6.07) is 6.92. The Bertz CT molecular complexity index is 422. The molecule has 0 saturated carbocycles. The lowest BCUT2D eigenvalue weighted by molar-refractivity contribution is -0.161. The third-order valence-electron chi connectivity index (χ3n) is 2.25. The molecule has 0 aliphatic rings. The van der Waals surface area contributed by atoms with E-state index in [4.69, 9.17) is 22.1 Å². The van der Waals surface area contributed by atoms with Crippen LogP contribution in [0.5, 0.6) is 0 Å². The molecule has 3 nitrogen and oxygen atoms in total. The molecule has 1 aromatic rings. The standard InChI is InChI=1S/C13H18ClNO2/c1-12(2,3)17-11(16)13(4,15)9-6-5-7-10(14)8-9/h5-8H,15H2,1-4H3. The number of hydrogen-bond acceptors (Lipinski definition) is 3. The second-order valence-electron chi connectivity index (χ2n) is 5.21. The van der Waals surface area contributed by atoms with E-state index in [1.165, 1.54) is 0 Å². The van der Waals surface area contributed by atoms with Gasteiger partial charge < -0.3 is 10.5 Å². The van der Waals surface area contributed by atoms with E-state index in [0.717, 1.165) is 0 Å². The van der Waals surface area contributed by atoms with E-state index in [2.05, 4.69) is 0 Å².